The van der Waals surface area contributed by atoms with Crippen molar-refractivity contribution in [3.8, 4) is 45.0 Å². The number of aromatic nitrogens is 6. The second kappa shape index (κ2) is 9.14. The summed E-state index contributed by atoms with van der Waals surface area (Å²) in [6.45, 7) is 9.69. The Bertz CT molecular complexity index is 1520. The number of hydrogen-bond donors (Lipinski definition) is 0. The van der Waals surface area contributed by atoms with Crippen LogP contribution in [-0.4, -0.2) is 29.9 Å². The van der Waals surface area contributed by atoms with Crippen LogP contribution in [0.5, 0.6) is 0 Å². The van der Waals surface area contributed by atoms with Crippen molar-refractivity contribution in [2.24, 2.45) is 0 Å². The maximum atomic E-state index is 4.55. The van der Waals surface area contributed by atoms with Gasteiger partial charge in [0.05, 0.1) is 0 Å². The highest BCUT2D eigenvalue weighted by atomic mass is 15.0. The lowest BCUT2D eigenvalue weighted by molar-refractivity contribution is 0.928. The van der Waals surface area contributed by atoms with Crippen LogP contribution in [0.1, 0.15) is 28.9 Å². The highest BCUT2D eigenvalue weighted by Gasteiger charge is 2.11. The van der Waals surface area contributed by atoms with Crippen molar-refractivity contribution in [1.82, 2.24) is 29.9 Å². The molecule has 0 saturated heterocycles. The maximum Gasteiger partial charge on any atom is 0.163 e. The first-order chi connectivity index (χ1) is 16.9. The van der Waals surface area contributed by atoms with Gasteiger partial charge in [0.1, 0.15) is 23.3 Å². The van der Waals surface area contributed by atoms with E-state index >= 15 is 0 Å². The molecule has 0 aliphatic heterocycles. The molecule has 0 aliphatic carbocycles. The maximum absolute atomic E-state index is 4.55. The lowest BCUT2D eigenvalue weighted by Crippen LogP contribution is -1.99. The highest BCUT2D eigenvalue weighted by Crippen LogP contribution is 2.32. The van der Waals surface area contributed by atoms with Crippen LogP contribution in [-0.2, 0) is 0 Å². The van der Waals surface area contributed by atoms with E-state index in [1.807, 2.05) is 39.8 Å². The highest BCUT2D eigenvalue weighted by molar-refractivity contribution is 5.79. The van der Waals surface area contributed by atoms with Crippen LogP contribution in [0, 0.1) is 34.6 Å². The van der Waals surface area contributed by atoms with Gasteiger partial charge in [0.2, 0.25) is 0 Å². The van der Waals surface area contributed by atoms with Crippen LogP contribution in [0.25, 0.3) is 45.0 Å². The van der Waals surface area contributed by atoms with E-state index in [2.05, 4.69) is 91.4 Å². The molecule has 0 saturated carbocycles. The summed E-state index contributed by atoms with van der Waals surface area (Å²) < 4.78 is 0. The van der Waals surface area contributed by atoms with Gasteiger partial charge in [-0.25, -0.2) is 29.9 Å². The molecule has 3 aromatic carbocycles. The van der Waals surface area contributed by atoms with Gasteiger partial charge in [-0.1, -0.05) is 48.5 Å². The second-order valence-electron chi connectivity index (χ2n) is 8.70. The lowest BCUT2D eigenvalue weighted by atomic mass is 9.94. The molecule has 0 unspecified atom stereocenters. The fourth-order valence-electron chi connectivity index (χ4n) is 4.27. The van der Waals surface area contributed by atoms with E-state index < -0.39 is 0 Å². The molecule has 5 aromatic rings. The molecule has 5 rings (SSSR count). The van der Waals surface area contributed by atoms with Crippen molar-refractivity contribution in [1.29, 1.82) is 0 Å². The number of nitrogens with zero attached hydrogens (tertiary/aromatic N) is 6. The third-order valence-electron chi connectivity index (χ3n) is 5.84. The van der Waals surface area contributed by atoms with Crippen LogP contribution < -0.4 is 0 Å². The molecule has 0 fully saturated rings. The fourth-order valence-corrected chi connectivity index (χ4v) is 4.27. The molecule has 0 bridgehead atoms. The summed E-state index contributed by atoms with van der Waals surface area (Å²) in [6, 6.07) is 23.3. The van der Waals surface area contributed by atoms with Gasteiger partial charge in [-0.15, -0.1) is 0 Å². The molecule has 35 heavy (non-hydrogen) atoms. The van der Waals surface area contributed by atoms with Gasteiger partial charge in [0.25, 0.3) is 0 Å². The number of benzene rings is 3. The monoisotopic (exact) mass is 458 g/mol. The Morgan fingerprint density at radius 2 is 0.829 bits per heavy atom. The van der Waals surface area contributed by atoms with Crippen molar-refractivity contribution < 1.29 is 0 Å². The van der Waals surface area contributed by atoms with Crippen LogP contribution in [0.3, 0.4) is 0 Å². The van der Waals surface area contributed by atoms with E-state index in [4.69, 9.17) is 0 Å². The normalized spacial score (nSPS) is 11.0. The van der Waals surface area contributed by atoms with E-state index in [0.29, 0.717) is 11.6 Å². The molecule has 0 amide bonds. The molecular formula is C29H26N6. The van der Waals surface area contributed by atoms with Crippen molar-refractivity contribution >= 4 is 0 Å². The number of hydrogen-bond acceptors (Lipinski definition) is 6. The summed E-state index contributed by atoms with van der Waals surface area (Å²) in [4.78, 5) is 26.8. The molecule has 6 heteroatoms. The third-order valence-corrected chi connectivity index (χ3v) is 5.84. The van der Waals surface area contributed by atoms with E-state index in [-0.39, 0.29) is 0 Å². The Labute approximate surface area is 205 Å². The summed E-state index contributed by atoms with van der Waals surface area (Å²) in [5, 5.41) is 0. The summed E-state index contributed by atoms with van der Waals surface area (Å²) in [5.41, 5.74) is 7.67. The summed E-state index contributed by atoms with van der Waals surface area (Å²) in [6.07, 6.45) is 0. The molecule has 172 valence electrons. The summed E-state index contributed by atoms with van der Waals surface area (Å²) >= 11 is 0. The van der Waals surface area contributed by atoms with E-state index in [0.717, 1.165) is 56.7 Å². The lowest BCUT2D eigenvalue weighted by Gasteiger charge is -2.12. The van der Waals surface area contributed by atoms with Gasteiger partial charge in [-0.3, -0.25) is 0 Å². The minimum absolute atomic E-state index is 0.694. The smallest absolute Gasteiger partial charge is 0.163 e. The Morgan fingerprint density at radius 1 is 0.400 bits per heavy atom. The zero-order valence-corrected chi connectivity index (χ0v) is 20.5. The van der Waals surface area contributed by atoms with Gasteiger partial charge in [-0.05, 0) is 80.6 Å². The molecule has 2 aromatic heterocycles. The Morgan fingerprint density at radius 3 is 1.37 bits per heavy atom. The zero-order valence-electron chi connectivity index (χ0n) is 20.5. The minimum Gasteiger partial charge on any atom is -0.219 e. The average Bonchev–Trinajstić information content (AvgIpc) is 2.83. The Hall–Kier alpha value is -4.32. The topological polar surface area (TPSA) is 77.3 Å². The summed E-state index contributed by atoms with van der Waals surface area (Å²) in [7, 11) is 0. The van der Waals surface area contributed by atoms with E-state index in [1.54, 1.807) is 0 Å². The standard InChI is InChI=1S/C29H26N6/c1-17-12-13-26(29-34-20(4)31-21(5)35-29)16-27(17)24-10-6-8-22(14-24)23-9-7-11-25(15-23)28-32-18(2)30-19(3)33-28/h6-16H,1-5H3. The van der Waals surface area contributed by atoms with Crippen LogP contribution in [0.15, 0.2) is 66.7 Å². The molecule has 0 aliphatic rings. The van der Waals surface area contributed by atoms with Crippen LogP contribution >= 0.6 is 0 Å². The fraction of sp³-hybridized carbons (Fsp3) is 0.172. The predicted molar refractivity (Wildman–Crippen MR) is 139 cm³/mol. The number of aryl methyl sites for hydroxylation is 5. The first-order valence-electron chi connectivity index (χ1n) is 11.6. The van der Waals surface area contributed by atoms with Gasteiger partial charge < -0.3 is 0 Å². The molecule has 2 heterocycles. The third kappa shape index (κ3) is 4.82. The van der Waals surface area contributed by atoms with E-state index in [1.165, 1.54) is 5.56 Å². The quantitative estimate of drug-likeness (QED) is 0.316. The Balaban J connectivity index is 1.55. The van der Waals surface area contributed by atoms with Crippen molar-refractivity contribution in [3.63, 3.8) is 0 Å². The van der Waals surface area contributed by atoms with Crippen LogP contribution in [0.2, 0.25) is 0 Å². The van der Waals surface area contributed by atoms with Gasteiger partial charge in [0, 0.05) is 11.1 Å². The van der Waals surface area contributed by atoms with Gasteiger partial charge in [0.15, 0.2) is 11.6 Å². The molecule has 0 atom stereocenters. The molecule has 0 spiro atoms. The predicted octanol–water partition coefficient (Wildman–Crippen LogP) is 6.27. The van der Waals surface area contributed by atoms with Crippen LogP contribution in [0.4, 0.5) is 0 Å². The first-order valence-corrected chi connectivity index (χ1v) is 11.6. The zero-order chi connectivity index (χ0) is 24.5. The SMILES string of the molecule is Cc1nc(C)nc(-c2cccc(-c3cccc(-c4cc(-c5nc(C)nc(C)n5)ccc4C)c3)c2)n1. The minimum atomic E-state index is 0.694. The Kier molecular flexibility index (Phi) is 5.87. The molecular weight excluding hydrogens is 432 g/mol. The van der Waals surface area contributed by atoms with Crippen molar-refractivity contribution in [3.05, 3.63) is 95.6 Å². The van der Waals surface area contributed by atoms with Gasteiger partial charge >= 0.3 is 0 Å². The van der Waals surface area contributed by atoms with Crippen molar-refractivity contribution in [2.75, 3.05) is 0 Å². The average molecular weight is 459 g/mol. The van der Waals surface area contributed by atoms with Gasteiger partial charge in [-0.2, -0.15) is 0 Å². The van der Waals surface area contributed by atoms with E-state index in [9.17, 15) is 0 Å². The molecule has 0 radical (unpaired) electrons. The van der Waals surface area contributed by atoms with Crippen molar-refractivity contribution in [2.45, 2.75) is 34.6 Å². The first kappa shape index (κ1) is 22.5. The largest absolute Gasteiger partial charge is 0.219 e. The second-order valence-corrected chi connectivity index (χ2v) is 8.70. The molecule has 0 N–H and O–H groups in total. The number of rotatable bonds is 4. The molecule has 6 nitrogen and oxygen atoms in total. The summed E-state index contributed by atoms with van der Waals surface area (Å²) in [5.74, 6) is 4.28.